The van der Waals surface area contributed by atoms with E-state index >= 15 is 0 Å². The Labute approximate surface area is 87.3 Å². The second-order valence-corrected chi connectivity index (χ2v) is 4.09. The smallest absolute Gasteiger partial charge is 0.252 e. The van der Waals surface area contributed by atoms with Gasteiger partial charge in [0, 0.05) is 18.4 Å². The van der Waals surface area contributed by atoms with Gasteiger partial charge in [-0.15, -0.1) is 6.42 Å². The van der Waals surface area contributed by atoms with Gasteiger partial charge in [-0.25, -0.2) is 8.78 Å². The molecule has 1 aromatic carbocycles. The minimum absolute atomic E-state index is 0.298. The molecule has 1 nitrogen and oxygen atoms in total. The zero-order valence-electron chi connectivity index (χ0n) is 8.13. The van der Waals surface area contributed by atoms with Crippen molar-refractivity contribution in [2.24, 2.45) is 5.73 Å². The van der Waals surface area contributed by atoms with Gasteiger partial charge in [0.2, 0.25) is 0 Å². The van der Waals surface area contributed by atoms with E-state index in [4.69, 9.17) is 12.2 Å². The van der Waals surface area contributed by atoms with E-state index in [-0.39, 0.29) is 12.8 Å². The van der Waals surface area contributed by atoms with Gasteiger partial charge in [0.15, 0.2) is 0 Å². The normalized spacial score (nSPS) is 21.5. The molecular formula is C12H11F2N. The lowest BCUT2D eigenvalue weighted by molar-refractivity contribution is -0.125. The summed E-state index contributed by atoms with van der Waals surface area (Å²) in [6.45, 7) is 0. The Bertz CT molecular complexity index is 423. The first-order chi connectivity index (χ1) is 6.95. The topological polar surface area (TPSA) is 26.0 Å². The van der Waals surface area contributed by atoms with Gasteiger partial charge in [-0.1, -0.05) is 18.1 Å². The van der Waals surface area contributed by atoms with Crippen molar-refractivity contribution in [2.75, 3.05) is 0 Å². The minimum atomic E-state index is -2.62. The highest BCUT2D eigenvalue weighted by atomic mass is 19.3. The molecule has 15 heavy (non-hydrogen) atoms. The van der Waals surface area contributed by atoms with Gasteiger partial charge < -0.3 is 5.73 Å². The molecule has 0 radical (unpaired) electrons. The Morgan fingerprint density at radius 3 is 2.53 bits per heavy atom. The van der Waals surface area contributed by atoms with Crippen LogP contribution in [0.15, 0.2) is 24.3 Å². The van der Waals surface area contributed by atoms with Crippen LogP contribution in [0.3, 0.4) is 0 Å². The molecule has 1 fully saturated rings. The first-order valence-corrected chi connectivity index (χ1v) is 4.69. The average molecular weight is 207 g/mol. The standard InChI is InChI=1S/C12H11F2N/c1-2-9-4-3-5-10(6-9)11(15)7-12(13,14)8-11/h1,3-6H,7-8,15H2. The van der Waals surface area contributed by atoms with Gasteiger partial charge in [-0.05, 0) is 17.7 Å². The molecule has 0 atom stereocenters. The Morgan fingerprint density at radius 1 is 1.33 bits per heavy atom. The largest absolute Gasteiger partial charge is 0.321 e. The number of nitrogens with two attached hydrogens (primary N) is 1. The molecule has 0 aliphatic heterocycles. The van der Waals surface area contributed by atoms with Gasteiger partial charge in [-0.2, -0.15) is 0 Å². The second kappa shape index (κ2) is 3.04. The van der Waals surface area contributed by atoms with Crippen molar-refractivity contribution in [2.45, 2.75) is 24.3 Å². The number of halogens is 2. The number of rotatable bonds is 1. The molecule has 78 valence electrons. The highest BCUT2D eigenvalue weighted by Crippen LogP contribution is 2.49. The molecule has 0 saturated heterocycles. The monoisotopic (exact) mass is 207 g/mol. The summed E-state index contributed by atoms with van der Waals surface area (Å²) >= 11 is 0. The molecule has 1 aromatic rings. The van der Waals surface area contributed by atoms with Crippen molar-refractivity contribution >= 4 is 0 Å². The van der Waals surface area contributed by atoms with Gasteiger partial charge >= 0.3 is 0 Å². The SMILES string of the molecule is C#Cc1cccc(C2(N)CC(F)(F)C2)c1. The van der Waals surface area contributed by atoms with E-state index in [0.717, 1.165) is 0 Å². The summed E-state index contributed by atoms with van der Waals surface area (Å²) in [4.78, 5) is 0. The first kappa shape index (κ1) is 10.1. The molecule has 3 heteroatoms. The van der Waals surface area contributed by atoms with Crippen LogP contribution >= 0.6 is 0 Å². The van der Waals surface area contributed by atoms with Crippen molar-refractivity contribution < 1.29 is 8.78 Å². The first-order valence-electron chi connectivity index (χ1n) is 4.69. The van der Waals surface area contributed by atoms with Gasteiger partial charge in [-0.3, -0.25) is 0 Å². The maximum Gasteiger partial charge on any atom is 0.252 e. The van der Waals surface area contributed by atoms with E-state index in [2.05, 4.69) is 5.92 Å². The molecule has 1 saturated carbocycles. The molecule has 0 bridgehead atoms. The van der Waals surface area contributed by atoms with E-state index in [1.807, 2.05) is 0 Å². The summed E-state index contributed by atoms with van der Waals surface area (Å²) in [5.41, 5.74) is 6.34. The Kier molecular flexibility index (Phi) is 2.06. The van der Waals surface area contributed by atoms with E-state index in [1.165, 1.54) is 0 Å². The fourth-order valence-electron chi connectivity index (χ4n) is 1.99. The summed E-state index contributed by atoms with van der Waals surface area (Å²) in [7, 11) is 0. The van der Waals surface area contributed by atoms with Crippen LogP contribution in [0, 0.1) is 12.3 Å². The summed E-state index contributed by atoms with van der Waals surface area (Å²) in [6.07, 6.45) is 4.64. The third-order valence-electron chi connectivity index (χ3n) is 2.75. The van der Waals surface area contributed by atoms with Crippen LogP contribution < -0.4 is 5.73 Å². The molecule has 0 amide bonds. The second-order valence-electron chi connectivity index (χ2n) is 4.09. The Hall–Kier alpha value is -1.40. The highest BCUT2D eigenvalue weighted by molar-refractivity contribution is 5.39. The molecule has 0 spiro atoms. The third-order valence-corrected chi connectivity index (χ3v) is 2.75. The lowest BCUT2D eigenvalue weighted by Gasteiger charge is -2.44. The Balaban J connectivity index is 2.28. The predicted octanol–water partition coefficient (Wildman–Crippen LogP) is 2.25. The van der Waals surface area contributed by atoms with Crippen LogP contribution in [0.5, 0.6) is 0 Å². The van der Waals surface area contributed by atoms with Crippen molar-refractivity contribution in [3.05, 3.63) is 35.4 Å². The van der Waals surface area contributed by atoms with Crippen LogP contribution in [0.4, 0.5) is 8.78 Å². The van der Waals surface area contributed by atoms with Crippen molar-refractivity contribution in [1.82, 2.24) is 0 Å². The summed E-state index contributed by atoms with van der Waals surface area (Å²) in [5.74, 6) is -0.159. The molecule has 0 aromatic heterocycles. The number of hydrogen-bond donors (Lipinski definition) is 1. The number of benzene rings is 1. The highest BCUT2D eigenvalue weighted by Gasteiger charge is 2.55. The number of alkyl halides is 2. The van der Waals surface area contributed by atoms with E-state index < -0.39 is 11.5 Å². The fraction of sp³-hybridized carbons (Fsp3) is 0.333. The Morgan fingerprint density at radius 2 is 2.00 bits per heavy atom. The third kappa shape index (κ3) is 1.73. The maximum absolute atomic E-state index is 12.8. The van der Waals surface area contributed by atoms with E-state index in [9.17, 15) is 8.78 Å². The van der Waals surface area contributed by atoms with Crippen molar-refractivity contribution in [3.8, 4) is 12.3 Å². The molecule has 0 unspecified atom stereocenters. The van der Waals surface area contributed by atoms with E-state index in [0.29, 0.717) is 11.1 Å². The van der Waals surface area contributed by atoms with Crippen molar-refractivity contribution in [1.29, 1.82) is 0 Å². The zero-order chi connectivity index (χ0) is 11.1. The molecule has 0 heterocycles. The van der Waals surface area contributed by atoms with Gasteiger partial charge in [0.05, 0.1) is 5.54 Å². The summed E-state index contributed by atoms with van der Waals surface area (Å²) in [6, 6.07) is 6.95. The summed E-state index contributed by atoms with van der Waals surface area (Å²) in [5, 5.41) is 0. The maximum atomic E-state index is 12.8. The molecule has 2 N–H and O–H groups in total. The van der Waals surface area contributed by atoms with E-state index in [1.54, 1.807) is 24.3 Å². The van der Waals surface area contributed by atoms with Crippen LogP contribution in [-0.4, -0.2) is 5.92 Å². The lowest BCUT2D eigenvalue weighted by atomic mass is 9.69. The van der Waals surface area contributed by atoms with Crippen LogP contribution in [0.2, 0.25) is 0 Å². The molecule has 2 rings (SSSR count). The fourth-order valence-corrected chi connectivity index (χ4v) is 1.99. The quantitative estimate of drug-likeness (QED) is 0.702. The minimum Gasteiger partial charge on any atom is -0.321 e. The molecular weight excluding hydrogens is 196 g/mol. The lowest BCUT2D eigenvalue weighted by Crippen LogP contribution is -2.55. The summed E-state index contributed by atoms with van der Waals surface area (Å²) < 4.78 is 25.6. The zero-order valence-corrected chi connectivity index (χ0v) is 8.13. The van der Waals surface area contributed by atoms with Crippen LogP contribution in [0.25, 0.3) is 0 Å². The van der Waals surface area contributed by atoms with Crippen molar-refractivity contribution in [3.63, 3.8) is 0 Å². The molecule has 1 aliphatic carbocycles. The predicted molar refractivity (Wildman–Crippen MR) is 54.4 cm³/mol. The molecule has 1 aliphatic rings. The van der Waals surface area contributed by atoms with Gasteiger partial charge in [0.1, 0.15) is 0 Å². The van der Waals surface area contributed by atoms with Gasteiger partial charge in [0.25, 0.3) is 5.92 Å². The number of terminal acetylenes is 1. The average Bonchev–Trinajstić information content (AvgIpc) is 2.15. The van der Waals surface area contributed by atoms with Crippen LogP contribution in [0.1, 0.15) is 24.0 Å². The van der Waals surface area contributed by atoms with Crippen LogP contribution in [-0.2, 0) is 5.54 Å². The number of hydrogen-bond acceptors (Lipinski definition) is 1.